The Labute approximate surface area is 877 Å². The van der Waals surface area contributed by atoms with Crippen molar-refractivity contribution in [3.63, 3.8) is 0 Å². The fourth-order valence-corrected chi connectivity index (χ4v) is 18.6. The summed E-state index contributed by atoms with van der Waals surface area (Å²) in [4.78, 5) is 148. The Morgan fingerprint density at radius 2 is 0.831 bits per heavy atom. The minimum atomic E-state index is -1.26. The van der Waals surface area contributed by atoms with Gasteiger partial charge in [-0.2, -0.15) is 0 Å². The van der Waals surface area contributed by atoms with Crippen LogP contribution in [-0.4, -0.2) is 277 Å². The van der Waals surface area contributed by atoms with Crippen molar-refractivity contribution in [3.05, 3.63) is 183 Å². The maximum Gasteiger partial charge on any atom is 0.478 e. The van der Waals surface area contributed by atoms with Crippen molar-refractivity contribution < 1.29 is 135 Å². The fraction of sp³-hybridized carbons (Fsp3) is 0.554. The van der Waals surface area contributed by atoms with Gasteiger partial charge in [-0.1, -0.05) is 146 Å². The number of nitrogens with one attached hydrogen (secondary N) is 6. The molecule has 2 aromatic heterocycles. The van der Waals surface area contributed by atoms with Crippen molar-refractivity contribution in [1.29, 1.82) is 0 Å². The first-order valence-corrected chi connectivity index (χ1v) is 52.5. The largest absolute Gasteiger partial charge is 0.494 e. The van der Waals surface area contributed by atoms with E-state index in [0.717, 1.165) is 90.8 Å². The van der Waals surface area contributed by atoms with Crippen LogP contribution in [-0.2, 0) is 121 Å². The Hall–Kier alpha value is -9.94. The molecule has 6 aliphatic heterocycles. The molecule has 0 radical (unpaired) electrons. The van der Waals surface area contributed by atoms with E-state index in [1.54, 1.807) is 60.0 Å². The lowest BCUT2D eigenvalue weighted by molar-refractivity contribution is -0.123. The Balaban J connectivity index is 0.000000241. The Morgan fingerprint density at radius 1 is 0.432 bits per heavy atom. The number of nitrogens with two attached hydrogens (primary N) is 4. The molecule has 2 fully saturated rings. The van der Waals surface area contributed by atoms with Crippen molar-refractivity contribution in [2.45, 2.75) is 312 Å². The number of ether oxygens (including phenoxy) is 2. The Morgan fingerprint density at radius 3 is 1.24 bits per heavy atom. The van der Waals surface area contributed by atoms with E-state index in [-0.39, 0.29) is 153 Å². The summed E-state index contributed by atoms with van der Waals surface area (Å²) in [6.45, 7) is 11.3. The lowest BCUT2D eigenvalue weighted by Gasteiger charge is -2.33. The van der Waals surface area contributed by atoms with Crippen LogP contribution in [0.1, 0.15) is 228 Å². The predicted octanol–water partition coefficient (Wildman–Crippen LogP) is 4.71. The molecule has 12 atom stereocenters. The SMILES string of the molecule is CC(=O)C[C@H]1C=CC[C@H](NC(=O)/C(=N/OCCO)c2cccs2)B(O)O1.CC(=O)C[C@H]1C=CC[C@H](NC(=O)CC2(N)CCCCC2)B(O)O1.CC(=O)C[C@H]1C=CC[C@H](NC(=O)CC2CCC(N)CC2)B(O)O1.CC(=O)C[C@H]1C=CC[C@H](NC(=O)Cc2ccc(COCCN)s2)B(O)O1.CC(=O)C[C@H]1C=CC[C@H](NC(=O)Cc2cccc(OCCCCN)c2)B(O)O1.CC(=O)C[C@H]1C=CC[C@H](NC(=O)Cc2ccccc2)B(O)O1. The van der Waals surface area contributed by atoms with E-state index < -0.39 is 126 Å². The van der Waals surface area contributed by atoms with Crippen molar-refractivity contribution in [1.82, 2.24) is 31.9 Å². The average molecular weight is 2090 g/mol. The summed E-state index contributed by atoms with van der Waals surface area (Å²) in [5.74, 6) is -3.60. The first kappa shape index (κ1) is 125. The summed E-state index contributed by atoms with van der Waals surface area (Å²) in [5, 5.41) is 92.0. The van der Waals surface area contributed by atoms with Gasteiger partial charge in [-0.05, 0) is 191 Å². The van der Waals surface area contributed by atoms with Gasteiger partial charge in [-0.3, -0.25) is 57.5 Å². The summed E-state index contributed by atoms with van der Waals surface area (Å²) in [6.07, 6.45) is 34.7. The molecule has 12 rings (SSSR count). The molecule has 2 aromatic carbocycles. The van der Waals surface area contributed by atoms with Crippen molar-refractivity contribution in [3.8, 4) is 5.75 Å². The Kier molecular flexibility index (Phi) is 58.1. The van der Waals surface area contributed by atoms with E-state index in [1.165, 1.54) is 70.6 Å². The highest BCUT2D eigenvalue weighted by Crippen LogP contribution is 2.31. The monoisotopic (exact) mass is 2090 g/mol. The second-order valence-electron chi connectivity index (χ2n) is 38.0. The van der Waals surface area contributed by atoms with Gasteiger partial charge >= 0.3 is 42.7 Å². The van der Waals surface area contributed by atoms with E-state index >= 15 is 0 Å². The molecule has 0 saturated heterocycles. The number of benzene rings is 2. The summed E-state index contributed by atoms with van der Waals surface area (Å²) < 4.78 is 43.7. The van der Waals surface area contributed by atoms with Crippen LogP contribution < -0.4 is 59.6 Å². The van der Waals surface area contributed by atoms with Crippen LogP contribution in [0, 0.1) is 5.92 Å². The third-order valence-corrected chi connectivity index (χ3v) is 26.2. The second kappa shape index (κ2) is 68.8. The molecule has 2 aliphatic carbocycles. The zero-order valence-corrected chi connectivity index (χ0v) is 87.2. The van der Waals surface area contributed by atoms with Gasteiger partial charge in [0, 0.05) is 79.2 Å². The molecule has 47 heteroatoms. The summed E-state index contributed by atoms with van der Waals surface area (Å²) in [6, 6.07) is 24.4. The van der Waals surface area contributed by atoms with Crippen LogP contribution in [0.15, 0.2) is 162 Å². The number of carbonyl (C=O) groups is 12. The van der Waals surface area contributed by atoms with Gasteiger partial charge < -0.3 is 132 Å². The zero-order chi connectivity index (χ0) is 108. The third-order valence-electron chi connectivity index (χ3n) is 24.3. The molecular weight excluding hydrogens is 1940 g/mol. The third kappa shape index (κ3) is 50.8. The van der Waals surface area contributed by atoms with Crippen molar-refractivity contribution in [2.24, 2.45) is 34.0 Å². The van der Waals surface area contributed by atoms with Gasteiger partial charge in [0.1, 0.15) is 47.1 Å². The van der Waals surface area contributed by atoms with Crippen molar-refractivity contribution >= 4 is 141 Å². The number of oxime groups is 1. The number of carbonyl (C=O) groups excluding carboxylic acids is 12. The van der Waals surface area contributed by atoms with Crippen LogP contribution in [0.5, 0.6) is 5.75 Å². The van der Waals surface area contributed by atoms with Gasteiger partial charge in [-0.25, -0.2) is 0 Å². The lowest BCUT2D eigenvalue weighted by atomic mass is 9.76. The quantitative estimate of drug-likeness (QED) is 0.00939. The maximum atomic E-state index is 12.6. The molecule has 6 amide bonds. The molecule has 0 unspecified atom stereocenters. The van der Waals surface area contributed by atoms with E-state index in [4.69, 9.17) is 70.3 Å². The highest BCUT2D eigenvalue weighted by molar-refractivity contribution is 7.13. The number of hydrogen-bond acceptors (Lipinski definition) is 35. The zero-order valence-electron chi connectivity index (χ0n) is 85.6. The number of nitrogens with zero attached hydrogens (tertiary/aromatic N) is 1. The van der Waals surface area contributed by atoms with Gasteiger partial charge in [-0.15, -0.1) is 22.7 Å². The maximum absolute atomic E-state index is 12.6. The molecule has 0 spiro atoms. The molecule has 4 aromatic rings. The summed E-state index contributed by atoms with van der Waals surface area (Å²) in [5.41, 5.74) is 24.4. The number of rotatable bonds is 42. The molecule has 8 heterocycles. The normalized spacial score (nSPS) is 23.1. The topological polar surface area (TPSA) is 618 Å². The smallest absolute Gasteiger partial charge is 0.478 e. The van der Waals surface area contributed by atoms with E-state index in [1.807, 2.05) is 97.1 Å². The number of unbranched alkanes of at least 4 members (excludes halogenated alkanes) is 1. The van der Waals surface area contributed by atoms with Crippen LogP contribution in [0.25, 0.3) is 0 Å². The van der Waals surface area contributed by atoms with Crippen molar-refractivity contribution in [2.75, 3.05) is 39.5 Å². The average Bonchev–Trinajstić information content (AvgIpc) is 1.15. The summed E-state index contributed by atoms with van der Waals surface area (Å²) >= 11 is 2.83. The van der Waals surface area contributed by atoms with Crippen LogP contribution >= 0.6 is 22.7 Å². The summed E-state index contributed by atoms with van der Waals surface area (Å²) in [7, 11) is -6.93. The second-order valence-corrected chi connectivity index (χ2v) is 40.2. The molecule has 2 saturated carbocycles. The van der Waals surface area contributed by atoms with Gasteiger partial charge in [0.2, 0.25) is 29.5 Å². The minimum Gasteiger partial charge on any atom is -0.494 e. The predicted molar refractivity (Wildman–Crippen MR) is 567 cm³/mol. The van der Waals surface area contributed by atoms with Crippen LogP contribution in [0.2, 0.25) is 0 Å². The minimum absolute atomic E-state index is 0.00305. The number of thiophene rings is 2. The van der Waals surface area contributed by atoms with Gasteiger partial charge in [0.15, 0.2) is 5.71 Å². The van der Waals surface area contributed by atoms with Gasteiger partial charge in [0.25, 0.3) is 5.91 Å². The highest BCUT2D eigenvalue weighted by Gasteiger charge is 2.41. The molecule has 8 aliphatic rings. The molecule has 148 heavy (non-hydrogen) atoms. The molecule has 39 nitrogen and oxygen atoms in total. The van der Waals surface area contributed by atoms with Gasteiger partial charge in [0.05, 0.1) is 123 Å². The molecule has 21 N–H and O–H groups in total. The van der Waals surface area contributed by atoms with E-state index in [0.29, 0.717) is 88.7 Å². The van der Waals surface area contributed by atoms with Crippen LogP contribution in [0.4, 0.5) is 0 Å². The van der Waals surface area contributed by atoms with E-state index in [2.05, 4.69) is 37.1 Å². The number of amides is 6. The standard InChI is InChI=1S/C20H29BN2O5.C17H25BN2O5S.C16H21BN2O6S.2C16H27BN2O4.C16H20BNO4/c1-15(24)12-18-8-5-9-19(21(26)28-18)23-20(25)14-16-6-4-7-17(13-16)27-11-3-2-10-22;1-12(21)9-13-3-2-4-16(18(23)25-13)20-17(22)10-14-5-6-15(26-14)11-24-8-7-19;1-11(21)10-12-4-2-6-14(17(23)25-12)18-16(22)15(19-24-8-7-20)13-5-3-9-26-13;1-11(20)9-14-3-2-4-15(17(22)23-14)19-16(21)10-12-5-7-13(18)8-6-12;1-12(20)10-13-6-5-7-14(17(22)23-13)19-15(21)11-16(18)8-3-2-4-9-16;1-12(19)10-14-8-5-9-15(17(21)22-14)18-16(20)11-13-6-3-2-4-7-13/h4-8,13,18-19,26H,2-3,9-12,14,22H2,1H3,(H,23,25);2-3,5-6,13,16,23H,4,7-11,19H2,1H3,(H,20,22);2-5,9,12,14,20,23H,6-8,10H2,1H3,(H,18,22);2-3,12-15,22H,4-10,18H2,1H3,(H,19,21);5-6,13-14,22H,2-4,7-11,18H2,1H3,(H,19,21);2-8,14-15,21H,9-11H2,1H3,(H,18,20)/b;;19-15+;;;/t18-,19+;13-,16+;12-,14+;12?,13?,14-,15+;13-,14+;14-,15+/m111111/s1. The first-order valence-electron chi connectivity index (χ1n) is 50.8. The van der Waals surface area contributed by atoms with E-state index in [9.17, 15) is 87.7 Å². The highest BCUT2D eigenvalue weighted by atomic mass is 32.1. The molecule has 0 bridgehead atoms. The fourth-order valence-electron chi connectivity index (χ4n) is 16.9. The number of hydrogen-bond donors (Lipinski definition) is 17. The number of aliphatic hydroxyl groups is 1. The van der Waals surface area contributed by atoms with Crippen LogP contribution in [0.3, 0.4) is 0 Å². The number of ketones is 6. The lowest BCUT2D eigenvalue weighted by Crippen LogP contribution is -2.52. The first-order chi connectivity index (χ1) is 70.8. The molecular formula is C101H149B6N11O28S2. The number of aliphatic hydroxyl groups excluding tert-OH is 1. The number of Topliss-reactive ketones (excluding diaryl/α,β-unsaturated/α-hetero) is 6. The Bertz CT molecular complexity index is 5000. The molecule has 806 valence electrons.